The summed E-state index contributed by atoms with van der Waals surface area (Å²) in [6.07, 6.45) is 0.839. The lowest BCUT2D eigenvalue weighted by atomic mass is 10.0. The van der Waals surface area contributed by atoms with Gasteiger partial charge in [-0.25, -0.2) is 0 Å². The van der Waals surface area contributed by atoms with Gasteiger partial charge in [0.05, 0.1) is 0 Å². The van der Waals surface area contributed by atoms with Crippen molar-refractivity contribution in [1.29, 1.82) is 0 Å². The molecule has 0 spiro atoms. The van der Waals surface area contributed by atoms with Gasteiger partial charge in [-0.3, -0.25) is 0 Å². The lowest BCUT2D eigenvalue weighted by molar-refractivity contribution is 0.565. The van der Waals surface area contributed by atoms with Gasteiger partial charge in [-0.2, -0.15) is 0 Å². The number of benzene rings is 1. The molecule has 0 aliphatic carbocycles. The zero-order valence-corrected chi connectivity index (χ0v) is 10.9. The monoisotopic (exact) mass is 235 g/mol. The van der Waals surface area contributed by atoms with Crippen molar-refractivity contribution in [2.45, 2.75) is 33.2 Å². The van der Waals surface area contributed by atoms with Crippen LogP contribution in [0.1, 0.15) is 37.4 Å². The number of hydrogen-bond acceptors (Lipinski definition) is 1. The topological polar surface area (TPSA) is 12.0 Å². The molecule has 0 fully saturated rings. The fraction of sp³-hybridized carbons (Fsp3) is 0.429. The molecule has 16 heavy (non-hydrogen) atoms. The Balaban J connectivity index is 2.89. The zero-order chi connectivity index (χ0) is 12.0. The van der Waals surface area contributed by atoms with Gasteiger partial charge in [-0.15, -0.1) is 11.8 Å². The van der Waals surface area contributed by atoms with E-state index in [1.807, 2.05) is 19.9 Å². The maximum atomic E-state index is 6.02. The molecule has 1 nitrogen and oxygen atoms in total. The fourth-order valence-corrected chi connectivity index (χ4v) is 1.76. The second kappa shape index (κ2) is 6.58. The molecule has 1 aromatic carbocycles. The molecular weight excluding hydrogens is 218 g/mol. The summed E-state index contributed by atoms with van der Waals surface area (Å²) >= 11 is 6.02. The summed E-state index contributed by atoms with van der Waals surface area (Å²) in [7, 11) is 0. The number of hydrogen-bond donors (Lipinski definition) is 1. The summed E-state index contributed by atoms with van der Waals surface area (Å²) in [5.74, 6) is 6.06. The first-order chi connectivity index (χ1) is 7.69. The first kappa shape index (κ1) is 13.1. The van der Waals surface area contributed by atoms with Crippen molar-refractivity contribution in [3.8, 4) is 11.8 Å². The Hall–Kier alpha value is -0.970. The number of nitrogens with one attached hydrogen (secondary N) is 1. The van der Waals surface area contributed by atoms with Crippen molar-refractivity contribution in [3.05, 3.63) is 34.3 Å². The molecule has 1 unspecified atom stereocenters. The molecule has 2 heteroatoms. The predicted octanol–water partition coefficient (Wildman–Crippen LogP) is 3.71. The summed E-state index contributed by atoms with van der Waals surface area (Å²) in [6, 6.07) is 6.46. The van der Waals surface area contributed by atoms with Crippen LogP contribution in [0.5, 0.6) is 0 Å². The molecule has 0 saturated heterocycles. The first-order valence-corrected chi connectivity index (χ1v) is 5.95. The zero-order valence-electron chi connectivity index (χ0n) is 10.1. The van der Waals surface area contributed by atoms with E-state index in [1.54, 1.807) is 0 Å². The van der Waals surface area contributed by atoms with Gasteiger partial charge in [-0.1, -0.05) is 30.7 Å². The smallest absolute Gasteiger partial charge is 0.0435 e. The van der Waals surface area contributed by atoms with Crippen LogP contribution in [0.2, 0.25) is 5.02 Å². The Morgan fingerprint density at radius 1 is 1.44 bits per heavy atom. The highest BCUT2D eigenvalue weighted by Crippen LogP contribution is 2.22. The second-order valence-corrected chi connectivity index (χ2v) is 4.16. The van der Waals surface area contributed by atoms with Gasteiger partial charge in [0.2, 0.25) is 0 Å². The molecule has 1 N–H and O–H groups in total. The van der Waals surface area contributed by atoms with Crippen LogP contribution in [-0.4, -0.2) is 6.54 Å². The Morgan fingerprint density at radius 2 is 2.19 bits per heavy atom. The standard InChI is InChI=1S/C14H18ClN/c1-4-6-7-14(16-5-2)12-8-9-13(15)11(3)10-12/h8-10,14,16H,5,7H2,1-3H3. The van der Waals surface area contributed by atoms with Gasteiger partial charge >= 0.3 is 0 Å². The largest absolute Gasteiger partial charge is 0.309 e. The molecule has 0 bridgehead atoms. The molecule has 0 radical (unpaired) electrons. The third-order valence-corrected chi connectivity index (χ3v) is 2.94. The molecule has 0 saturated carbocycles. The molecule has 1 aromatic rings. The van der Waals surface area contributed by atoms with Crippen LogP contribution in [0, 0.1) is 18.8 Å². The number of aryl methyl sites for hydroxylation is 1. The summed E-state index contributed by atoms with van der Waals surface area (Å²) in [5.41, 5.74) is 2.37. The molecule has 86 valence electrons. The molecular formula is C14H18ClN. The molecule has 0 aromatic heterocycles. The first-order valence-electron chi connectivity index (χ1n) is 5.58. The minimum Gasteiger partial charge on any atom is -0.309 e. The van der Waals surface area contributed by atoms with E-state index in [1.165, 1.54) is 5.56 Å². The van der Waals surface area contributed by atoms with Gasteiger partial charge in [0.15, 0.2) is 0 Å². The van der Waals surface area contributed by atoms with Crippen LogP contribution in [0.4, 0.5) is 0 Å². The summed E-state index contributed by atoms with van der Waals surface area (Å²) in [5, 5.41) is 4.25. The van der Waals surface area contributed by atoms with E-state index in [-0.39, 0.29) is 0 Å². The average Bonchev–Trinajstić information content (AvgIpc) is 2.28. The summed E-state index contributed by atoms with van der Waals surface area (Å²) in [6.45, 7) is 6.95. The van der Waals surface area contributed by atoms with Gasteiger partial charge in [-0.05, 0) is 37.6 Å². The molecule has 0 aliphatic heterocycles. The molecule has 0 amide bonds. The Kier molecular flexibility index (Phi) is 5.38. The van der Waals surface area contributed by atoms with Crippen LogP contribution < -0.4 is 5.32 Å². The number of halogens is 1. The van der Waals surface area contributed by atoms with Crippen LogP contribution in [-0.2, 0) is 0 Å². The Labute approximate surface area is 103 Å². The molecule has 1 atom stereocenters. The fourth-order valence-electron chi connectivity index (χ4n) is 1.64. The van der Waals surface area contributed by atoms with Crippen molar-refractivity contribution in [1.82, 2.24) is 5.32 Å². The predicted molar refractivity (Wildman–Crippen MR) is 70.7 cm³/mol. The Bertz CT molecular complexity index is 401. The minimum absolute atomic E-state index is 0.299. The Morgan fingerprint density at radius 3 is 2.75 bits per heavy atom. The summed E-state index contributed by atoms with van der Waals surface area (Å²) in [4.78, 5) is 0. The quantitative estimate of drug-likeness (QED) is 0.785. The third-order valence-electron chi connectivity index (χ3n) is 2.52. The van der Waals surface area contributed by atoms with Crippen LogP contribution >= 0.6 is 11.6 Å². The van der Waals surface area contributed by atoms with Crippen molar-refractivity contribution in [2.24, 2.45) is 0 Å². The van der Waals surface area contributed by atoms with Crippen molar-refractivity contribution >= 4 is 11.6 Å². The van der Waals surface area contributed by atoms with E-state index in [0.717, 1.165) is 23.6 Å². The van der Waals surface area contributed by atoms with Gasteiger partial charge in [0, 0.05) is 17.5 Å². The maximum absolute atomic E-state index is 6.02. The van der Waals surface area contributed by atoms with E-state index in [2.05, 4.69) is 36.2 Å². The van der Waals surface area contributed by atoms with E-state index in [0.29, 0.717) is 6.04 Å². The third kappa shape index (κ3) is 3.56. The van der Waals surface area contributed by atoms with Gasteiger partial charge < -0.3 is 5.32 Å². The van der Waals surface area contributed by atoms with Gasteiger partial charge in [0.1, 0.15) is 0 Å². The lowest BCUT2D eigenvalue weighted by Crippen LogP contribution is -2.20. The molecule has 0 aliphatic rings. The van der Waals surface area contributed by atoms with E-state index >= 15 is 0 Å². The minimum atomic E-state index is 0.299. The van der Waals surface area contributed by atoms with Crippen LogP contribution in [0.3, 0.4) is 0 Å². The van der Waals surface area contributed by atoms with E-state index in [4.69, 9.17) is 11.6 Å². The van der Waals surface area contributed by atoms with Gasteiger partial charge in [0.25, 0.3) is 0 Å². The van der Waals surface area contributed by atoms with E-state index < -0.39 is 0 Å². The van der Waals surface area contributed by atoms with E-state index in [9.17, 15) is 0 Å². The highest BCUT2D eigenvalue weighted by molar-refractivity contribution is 6.31. The molecule has 1 rings (SSSR count). The van der Waals surface area contributed by atoms with Crippen molar-refractivity contribution in [2.75, 3.05) is 6.54 Å². The highest BCUT2D eigenvalue weighted by atomic mass is 35.5. The average molecular weight is 236 g/mol. The van der Waals surface area contributed by atoms with Crippen molar-refractivity contribution in [3.63, 3.8) is 0 Å². The highest BCUT2D eigenvalue weighted by Gasteiger charge is 2.09. The summed E-state index contributed by atoms with van der Waals surface area (Å²) < 4.78 is 0. The normalized spacial score (nSPS) is 11.8. The SMILES string of the molecule is CC#CCC(NCC)c1ccc(Cl)c(C)c1. The lowest BCUT2D eigenvalue weighted by Gasteiger charge is -2.16. The van der Waals surface area contributed by atoms with Crippen LogP contribution in [0.25, 0.3) is 0 Å². The number of rotatable bonds is 4. The maximum Gasteiger partial charge on any atom is 0.0435 e. The second-order valence-electron chi connectivity index (χ2n) is 3.75. The van der Waals surface area contributed by atoms with Crippen LogP contribution in [0.15, 0.2) is 18.2 Å². The van der Waals surface area contributed by atoms with Crippen molar-refractivity contribution < 1.29 is 0 Å². The molecule has 0 heterocycles.